The van der Waals surface area contributed by atoms with Crippen LogP contribution in [0.2, 0.25) is 0 Å². The fourth-order valence-electron chi connectivity index (χ4n) is 4.35. The summed E-state index contributed by atoms with van der Waals surface area (Å²) in [4.78, 5) is 20.3. The van der Waals surface area contributed by atoms with Gasteiger partial charge in [-0.1, -0.05) is 24.3 Å². The SMILES string of the molecule is Cc1ccc(OCCN(C)C)cc1C(=O)N[C@@H](C)c1cc(-c2cnn(C3CC3)c2)nc2ccccc12. The smallest absolute Gasteiger partial charge is 0.252 e. The van der Waals surface area contributed by atoms with Crippen LogP contribution in [0.4, 0.5) is 0 Å². The van der Waals surface area contributed by atoms with Gasteiger partial charge in [0.25, 0.3) is 5.91 Å². The number of carbonyl (C=O) groups is 1. The van der Waals surface area contributed by atoms with E-state index in [2.05, 4.69) is 33.6 Å². The zero-order valence-electron chi connectivity index (χ0n) is 21.4. The summed E-state index contributed by atoms with van der Waals surface area (Å²) >= 11 is 0. The van der Waals surface area contributed by atoms with Crippen LogP contribution < -0.4 is 10.1 Å². The second-order valence-corrected chi connectivity index (χ2v) is 9.88. The number of aryl methyl sites for hydroxylation is 1. The highest BCUT2D eigenvalue weighted by Crippen LogP contribution is 2.36. The van der Waals surface area contributed by atoms with Crippen LogP contribution in [-0.2, 0) is 0 Å². The van der Waals surface area contributed by atoms with Crippen molar-refractivity contribution in [3.05, 3.63) is 77.6 Å². The Morgan fingerprint density at radius 1 is 1.19 bits per heavy atom. The van der Waals surface area contributed by atoms with E-state index in [1.54, 1.807) is 0 Å². The molecule has 0 spiro atoms. The number of rotatable bonds is 9. The van der Waals surface area contributed by atoms with Crippen molar-refractivity contribution >= 4 is 16.8 Å². The summed E-state index contributed by atoms with van der Waals surface area (Å²) in [7, 11) is 4.01. The van der Waals surface area contributed by atoms with Crippen molar-refractivity contribution in [3.8, 4) is 17.0 Å². The van der Waals surface area contributed by atoms with E-state index in [0.717, 1.165) is 39.8 Å². The molecular formula is C29H33N5O2. The fraction of sp³-hybridized carbons (Fsp3) is 0.345. The van der Waals surface area contributed by atoms with Crippen LogP contribution in [0, 0.1) is 6.92 Å². The van der Waals surface area contributed by atoms with Crippen LogP contribution in [-0.4, -0.2) is 52.8 Å². The Balaban J connectivity index is 1.40. The first-order valence-electron chi connectivity index (χ1n) is 12.5. The van der Waals surface area contributed by atoms with E-state index in [9.17, 15) is 4.79 Å². The molecule has 186 valence electrons. The molecule has 1 N–H and O–H groups in total. The van der Waals surface area contributed by atoms with Gasteiger partial charge in [0.05, 0.1) is 29.5 Å². The number of fused-ring (bicyclic) bond motifs is 1. The van der Waals surface area contributed by atoms with Crippen LogP contribution >= 0.6 is 0 Å². The van der Waals surface area contributed by atoms with Crippen LogP contribution in [0.3, 0.4) is 0 Å². The number of nitrogens with one attached hydrogen (secondary N) is 1. The lowest BCUT2D eigenvalue weighted by atomic mass is 9.99. The first kappa shape index (κ1) is 24.0. The van der Waals surface area contributed by atoms with Gasteiger partial charge >= 0.3 is 0 Å². The van der Waals surface area contributed by atoms with Crippen LogP contribution in [0.5, 0.6) is 5.75 Å². The second kappa shape index (κ2) is 10.1. The van der Waals surface area contributed by atoms with Gasteiger partial charge in [-0.15, -0.1) is 0 Å². The first-order valence-corrected chi connectivity index (χ1v) is 12.5. The monoisotopic (exact) mass is 483 g/mol. The predicted octanol–water partition coefficient (Wildman–Crippen LogP) is 5.17. The number of ether oxygens (including phenoxy) is 1. The number of hydrogen-bond donors (Lipinski definition) is 1. The molecule has 2 heterocycles. The van der Waals surface area contributed by atoms with E-state index in [4.69, 9.17) is 9.72 Å². The quantitative estimate of drug-likeness (QED) is 0.355. The molecule has 1 atom stereocenters. The molecule has 1 saturated carbocycles. The summed E-state index contributed by atoms with van der Waals surface area (Å²) in [6.45, 7) is 5.34. The molecule has 4 aromatic rings. The van der Waals surface area contributed by atoms with E-state index >= 15 is 0 Å². The Labute approximate surface area is 212 Å². The number of para-hydroxylation sites is 1. The molecule has 0 bridgehead atoms. The third-order valence-corrected chi connectivity index (χ3v) is 6.64. The molecule has 0 radical (unpaired) electrons. The molecule has 2 aromatic heterocycles. The number of amides is 1. The van der Waals surface area contributed by atoms with Gasteiger partial charge in [-0.05, 0) is 76.2 Å². The maximum atomic E-state index is 13.4. The number of carbonyl (C=O) groups excluding carboxylic acids is 1. The second-order valence-electron chi connectivity index (χ2n) is 9.88. The number of hydrogen-bond acceptors (Lipinski definition) is 5. The minimum Gasteiger partial charge on any atom is -0.492 e. The molecule has 0 saturated heterocycles. The highest BCUT2D eigenvalue weighted by atomic mass is 16.5. The average Bonchev–Trinajstić information content (AvgIpc) is 3.60. The predicted molar refractivity (Wildman–Crippen MR) is 142 cm³/mol. The Morgan fingerprint density at radius 3 is 2.78 bits per heavy atom. The van der Waals surface area contributed by atoms with Crippen molar-refractivity contribution in [2.45, 2.75) is 38.8 Å². The topological polar surface area (TPSA) is 72.3 Å². The first-order chi connectivity index (χ1) is 17.4. The molecule has 1 fully saturated rings. The molecule has 36 heavy (non-hydrogen) atoms. The lowest BCUT2D eigenvalue weighted by Gasteiger charge is -2.19. The number of benzene rings is 2. The molecule has 7 heteroatoms. The number of aromatic nitrogens is 3. The summed E-state index contributed by atoms with van der Waals surface area (Å²) in [6, 6.07) is 16.1. The summed E-state index contributed by atoms with van der Waals surface area (Å²) in [6.07, 6.45) is 6.32. The van der Waals surface area contributed by atoms with E-state index in [-0.39, 0.29) is 11.9 Å². The molecule has 5 rings (SSSR count). The molecule has 2 aromatic carbocycles. The van der Waals surface area contributed by atoms with Crippen molar-refractivity contribution in [3.63, 3.8) is 0 Å². The third-order valence-electron chi connectivity index (χ3n) is 6.64. The van der Waals surface area contributed by atoms with Crippen LogP contribution in [0.25, 0.3) is 22.2 Å². The van der Waals surface area contributed by atoms with Crippen molar-refractivity contribution in [2.24, 2.45) is 0 Å². The standard InChI is InChI=1S/C29H33N5O2/c1-19-9-12-23(36-14-13-33(3)4)15-25(19)29(35)31-20(2)26-16-28(32-27-8-6-5-7-24(26)27)21-17-30-34(18-21)22-10-11-22/h5-9,12,15-18,20,22H,10-11,13-14H2,1-4H3,(H,31,35)/t20-/m0/s1. The van der Waals surface area contributed by atoms with Gasteiger partial charge in [0, 0.05) is 29.3 Å². The summed E-state index contributed by atoms with van der Waals surface area (Å²) in [5.41, 5.74) is 5.31. The van der Waals surface area contributed by atoms with Gasteiger partial charge in [0.2, 0.25) is 0 Å². The molecular weight excluding hydrogens is 450 g/mol. The Bertz CT molecular complexity index is 1390. The highest BCUT2D eigenvalue weighted by molar-refractivity contribution is 5.96. The summed E-state index contributed by atoms with van der Waals surface area (Å²) < 4.78 is 7.90. The molecule has 0 aliphatic heterocycles. The lowest BCUT2D eigenvalue weighted by Crippen LogP contribution is -2.27. The molecule has 7 nitrogen and oxygen atoms in total. The lowest BCUT2D eigenvalue weighted by molar-refractivity contribution is 0.0939. The maximum absolute atomic E-state index is 13.4. The minimum atomic E-state index is -0.222. The van der Waals surface area contributed by atoms with Crippen molar-refractivity contribution in [1.29, 1.82) is 0 Å². The summed E-state index contributed by atoms with van der Waals surface area (Å²) in [5.74, 6) is 0.576. The molecule has 1 aliphatic carbocycles. The van der Waals surface area contributed by atoms with E-state index in [0.29, 0.717) is 24.0 Å². The van der Waals surface area contributed by atoms with Crippen molar-refractivity contribution in [1.82, 2.24) is 25.0 Å². The van der Waals surface area contributed by atoms with Gasteiger partial charge < -0.3 is 15.0 Å². The van der Waals surface area contributed by atoms with Gasteiger partial charge in [-0.3, -0.25) is 9.48 Å². The Kier molecular flexibility index (Phi) is 6.74. The zero-order valence-corrected chi connectivity index (χ0v) is 21.4. The van der Waals surface area contributed by atoms with Crippen LogP contribution in [0.1, 0.15) is 53.3 Å². The van der Waals surface area contributed by atoms with E-state index < -0.39 is 0 Å². The fourth-order valence-corrected chi connectivity index (χ4v) is 4.35. The summed E-state index contributed by atoms with van der Waals surface area (Å²) in [5, 5.41) is 8.77. The van der Waals surface area contributed by atoms with Crippen LogP contribution in [0.15, 0.2) is 60.9 Å². The van der Waals surface area contributed by atoms with Crippen molar-refractivity contribution in [2.75, 3.05) is 27.2 Å². The normalized spacial score (nSPS) is 14.2. The third kappa shape index (κ3) is 5.26. The van der Waals surface area contributed by atoms with Gasteiger partial charge in [0.1, 0.15) is 12.4 Å². The molecule has 0 unspecified atom stereocenters. The number of pyridine rings is 1. The van der Waals surface area contributed by atoms with Gasteiger partial charge in [0.15, 0.2) is 0 Å². The van der Waals surface area contributed by atoms with E-state index in [1.165, 1.54) is 12.8 Å². The Morgan fingerprint density at radius 2 is 2.00 bits per heavy atom. The van der Waals surface area contributed by atoms with Crippen molar-refractivity contribution < 1.29 is 9.53 Å². The largest absolute Gasteiger partial charge is 0.492 e. The van der Waals surface area contributed by atoms with Gasteiger partial charge in [-0.2, -0.15) is 5.10 Å². The Hall–Kier alpha value is -3.71. The van der Waals surface area contributed by atoms with Gasteiger partial charge in [-0.25, -0.2) is 4.98 Å². The molecule has 1 aliphatic rings. The maximum Gasteiger partial charge on any atom is 0.252 e. The zero-order chi connectivity index (χ0) is 25.2. The minimum absolute atomic E-state index is 0.123. The molecule has 1 amide bonds. The highest BCUT2D eigenvalue weighted by Gasteiger charge is 2.25. The average molecular weight is 484 g/mol. The number of likely N-dealkylation sites (N-methyl/N-ethyl adjacent to an activating group) is 1. The number of nitrogens with zero attached hydrogens (tertiary/aromatic N) is 4. The van der Waals surface area contributed by atoms with E-state index in [1.807, 2.05) is 75.2 Å².